The van der Waals surface area contributed by atoms with E-state index < -0.39 is 5.41 Å². The molecule has 1 aliphatic rings. The van der Waals surface area contributed by atoms with Gasteiger partial charge < -0.3 is 16.8 Å². The SMILES string of the molecule is CC(C)(CNC1CCC(N)C1)C(N)=O. The minimum absolute atomic E-state index is 0.257. The minimum atomic E-state index is -0.466. The molecule has 1 rings (SSSR count). The van der Waals surface area contributed by atoms with Crippen LogP contribution in [0.2, 0.25) is 0 Å². The lowest BCUT2D eigenvalue weighted by Crippen LogP contribution is -2.43. The van der Waals surface area contributed by atoms with Gasteiger partial charge in [-0.3, -0.25) is 4.79 Å². The number of carbonyl (C=O) groups excluding carboxylic acids is 1. The van der Waals surface area contributed by atoms with Crippen molar-refractivity contribution in [1.82, 2.24) is 5.32 Å². The largest absolute Gasteiger partial charge is 0.369 e. The molecule has 0 spiro atoms. The van der Waals surface area contributed by atoms with Crippen LogP contribution in [0, 0.1) is 5.41 Å². The molecule has 1 saturated carbocycles. The number of primary amides is 1. The number of rotatable bonds is 4. The topological polar surface area (TPSA) is 81.1 Å². The van der Waals surface area contributed by atoms with Gasteiger partial charge in [0.1, 0.15) is 0 Å². The summed E-state index contributed by atoms with van der Waals surface area (Å²) in [5, 5.41) is 3.35. The third-order valence-corrected chi connectivity index (χ3v) is 2.97. The normalized spacial score (nSPS) is 27.9. The van der Waals surface area contributed by atoms with Crippen LogP contribution in [0.25, 0.3) is 0 Å². The molecule has 0 aromatic heterocycles. The molecule has 0 heterocycles. The summed E-state index contributed by atoms with van der Waals surface area (Å²) in [4.78, 5) is 11.0. The summed E-state index contributed by atoms with van der Waals surface area (Å²) in [6.45, 7) is 4.36. The Hall–Kier alpha value is -0.610. The maximum atomic E-state index is 11.0. The Balaban J connectivity index is 2.30. The quantitative estimate of drug-likeness (QED) is 0.594. The Bertz CT molecular complexity index is 215. The molecule has 0 aromatic rings. The third kappa shape index (κ3) is 2.96. The first-order valence-electron chi connectivity index (χ1n) is 5.20. The van der Waals surface area contributed by atoms with Gasteiger partial charge in [0.2, 0.25) is 5.91 Å². The smallest absolute Gasteiger partial charge is 0.224 e. The predicted molar refractivity (Wildman–Crippen MR) is 56.6 cm³/mol. The van der Waals surface area contributed by atoms with Gasteiger partial charge >= 0.3 is 0 Å². The van der Waals surface area contributed by atoms with Crippen LogP contribution in [-0.4, -0.2) is 24.5 Å². The molecule has 2 atom stereocenters. The fraction of sp³-hybridized carbons (Fsp3) is 0.900. The maximum Gasteiger partial charge on any atom is 0.224 e. The van der Waals surface area contributed by atoms with E-state index in [1.807, 2.05) is 13.8 Å². The molecule has 1 amide bonds. The highest BCUT2D eigenvalue weighted by Gasteiger charge is 2.28. The number of nitrogens with two attached hydrogens (primary N) is 2. The van der Waals surface area contributed by atoms with E-state index in [1.54, 1.807) is 0 Å². The van der Waals surface area contributed by atoms with Gasteiger partial charge in [-0.05, 0) is 33.1 Å². The van der Waals surface area contributed by atoms with Crippen molar-refractivity contribution in [2.75, 3.05) is 6.54 Å². The van der Waals surface area contributed by atoms with Gasteiger partial charge in [-0.2, -0.15) is 0 Å². The summed E-state index contributed by atoms with van der Waals surface area (Å²) in [6, 6.07) is 0.785. The van der Waals surface area contributed by atoms with Crippen LogP contribution >= 0.6 is 0 Å². The lowest BCUT2D eigenvalue weighted by atomic mass is 9.92. The zero-order valence-electron chi connectivity index (χ0n) is 9.05. The lowest BCUT2D eigenvalue weighted by Gasteiger charge is -2.23. The summed E-state index contributed by atoms with van der Waals surface area (Å²) in [6.07, 6.45) is 3.19. The first-order chi connectivity index (χ1) is 6.42. The van der Waals surface area contributed by atoms with Gasteiger partial charge in [0.05, 0.1) is 5.41 Å². The van der Waals surface area contributed by atoms with E-state index in [2.05, 4.69) is 5.32 Å². The second-order valence-corrected chi connectivity index (χ2v) is 4.90. The number of hydrogen-bond donors (Lipinski definition) is 3. The van der Waals surface area contributed by atoms with E-state index >= 15 is 0 Å². The zero-order chi connectivity index (χ0) is 10.8. The Morgan fingerprint density at radius 3 is 2.57 bits per heavy atom. The van der Waals surface area contributed by atoms with Crippen LogP contribution in [-0.2, 0) is 4.79 Å². The molecule has 4 nitrogen and oxygen atoms in total. The Labute approximate surface area is 85.4 Å². The fourth-order valence-corrected chi connectivity index (χ4v) is 1.69. The summed E-state index contributed by atoms with van der Waals surface area (Å²) >= 11 is 0. The Morgan fingerprint density at radius 2 is 2.14 bits per heavy atom. The standard InChI is InChI=1S/C10H21N3O/c1-10(2,9(12)14)6-13-8-4-3-7(11)5-8/h7-8,13H,3-6,11H2,1-2H3,(H2,12,14). The van der Waals surface area contributed by atoms with Gasteiger partial charge in [-0.25, -0.2) is 0 Å². The summed E-state index contributed by atoms with van der Waals surface area (Å²) in [5.41, 5.74) is 10.6. The van der Waals surface area contributed by atoms with E-state index in [9.17, 15) is 4.79 Å². The average Bonchev–Trinajstić information content (AvgIpc) is 2.48. The molecule has 1 fully saturated rings. The van der Waals surface area contributed by atoms with Crippen LogP contribution in [0.1, 0.15) is 33.1 Å². The van der Waals surface area contributed by atoms with Crippen molar-refractivity contribution in [2.45, 2.75) is 45.2 Å². The van der Waals surface area contributed by atoms with Crippen LogP contribution in [0.3, 0.4) is 0 Å². The molecular weight excluding hydrogens is 178 g/mol. The van der Waals surface area contributed by atoms with E-state index in [0.717, 1.165) is 19.3 Å². The molecule has 5 N–H and O–H groups in total. The molecule has 82 valence electrons. The van der Waals surface area contributed by atoms with Gasteiger partial charge in [0.25, 0.3) is 0 Å². The molecule has 2 unspecified atom stereocenters. The molecule has 0 bridgehead atoms. The number of nitrogens with one attached hydrogen (secondary N) is 1. The lowest BCUT2D eigenvalue weighted by molar-refractivity contribution is -0.125. The number of hydrogen-bond acceptors (Lipinski definition) is 3. The average molecular weight is 199 g/mol. The van der Waals surface area contributed by atoms with Crippen molar-refractivity contribution in [2.24, 2.45) is 16.9 Å². The van der Waals surface area contributed by atoms with Crippen molar-refractivity contribution in [3.05, 3.63) is 0 Å². The van der Waals surface area contributed by atoms with Crippen LogP contribution in [0.15, 0.2) is 0 Å². The van der Waals surface area contributed by atoms with Crippen LogP contribution in [0.5, 0.6) is 0 Å². The zero-order valence-corrected chi connectivity index (χ0v) is 9.05. The van der Waals surface area contributed by atoms with E-state index in [4.69, 9.17) is 11.5 Å². The van der Waals surface area contributed by atoms with Crippen molar-refractivity contribution < 1.29 is 4.79 Å². The van der Waals surface area contributed by atoms with Crippen molar-refractivity contribution in [3.8, 4) is 0 Å². The summed E-state index contributed by atoms with van der Waals surface area (Å²) < 4.78 is 0. The van der Waals surface area contributed by atoms with E-state index in [1.165, 1.54) is 0 Å². The van der Waals surface area contributed by atoms with Crippen molar-refractivity contribution in [1.29, 1.82) is 0 Å². The molecular formula is C10H21N3O. The van der Waals surface area contributed by atoms with Gasteiger partial charge in [0, 0.05) is 18.6 Å². The second kappa shape index (κ2) is 4.28. The molecule has 0 saturated heterocycles. The first kappa shape index (κ1) is 11.5. The van der Waals surface area contributed by atoms with Crippen molar-refractivity contribution in [3.63, 3.8) is 0 Å². The molecule has 14 heavy (non-hydrogen) atoms. The summed E-state index contributed by atoms with van der Waals surface area (Å²) in [7, 11) is 0. The number of amides is 1. The second-order valence-electron chi connectivity index (χ2n) is 4.90. The summed E-state index contributed by atoms with van der Waals surface area (Å²) in [5.74, 6) is -0.257. The first-order valence-corrected chi connectivity index (χ1v) is 5.20. The highest BCUT2D eigenvalue weighted by Crippen LogP contribution is 2.19. The Kier molecular flexibility index (Phi) is 3.50. The molecule has 0 radical (unpaired) electrons. The number of carbonyl (C=O) groups is 1. The van der Waals surface area contributed by atoms with Gasteiger partial charge in [0.15, 0.2) is 0 Å². The molecule has 0 aliphatic heterocycles. The van der Waals surface area contributed by atoms with Gasteiger partial charge in [-0.1, -0.05) is 0 Å². The van der Waals surface area contributed by atoms with E-state index in [0.29, 0.717) is 18.6 Å². The minimum Gasteiger partial charge on any atom is -0.369 e. The van der Waals surface area contributed by atoms with Crippen molar-refractivity contribution >= 4 is 5.91 Å². The highest BCUT2D eigenvalue weighted by molar-refractivity contribution is 5.80. The highest BCUT2D eigenvalue weighted by atomic mass is 16.1. The molecule has 0 aromatic carbocycles. The maximum absolute atomic E-state index is 11.0. The fourth-order valence-electron chi connectivity index (χ4n) is 1.69. The predicted octanol–water partition coefficient (Wildman–Crippen LogP) is -0.0327. The van der Waals surface area contributed by atoms with E-state index in [-0.39, 0.29) is 5.91 Å². The third-order valence-electron chi connectivity index (χ3n) is 2.97. The van der Waals surface area contributed by atoms with Crippen LogP contribution < -0.4 is 16.8 Å². The molecule has 1 aliphatic carbocycles. The molecule has 4 heteroatoms. The van der Waals surface area contributed by atoms with Gasteiger partial charge in [-0.15, -0.1) is 0 Å². The van der Waals surface area contributed by atoms with Crippen LogP contribution in [0.4, 0.5) is 0 Å². The monoisotopic (exact) mass is 199 g/mol. The Morgan fingerprint density at radius 1 is 1.50 bits per heavy atom.